The van der Waals surface area contributed by atoms with Crippen molar-refractivity contribution in [2.75, 3.05) is 13.9 Å². The zero-order chi connectivity index (χ0) is 7.40. The van der Waals surface area contributed by atoms with Crippen LogP contribution >= 0.6 is 0 Å². The van der Waals surface area contributed by atoms with Crippen LogP contribution in [0.25, 0.3) is 0 Å². The molecule has 0 amide bonds. The Hall–Kier alpha value is -1.39. The molecule has 5 nitrogen and oxygen atoms in total. The lowest BCUT2D eigenvalue weighted by molar-refractivity contribution is 0.00934. The third kappa shape index (κ3) is 1.54. The lowest BCUT2D eigenvalue weighted by Crippen LogP contribution is -2.03. The maximum atomic E-state index is 10.3. The quantitative estimate of drug-likeness (QED) is 0.506. The van der Waals surface area contributed by atoms with Crippen molar-refractivity contribution in [3.63, 3.8) is 0 Å². The number of ether oxygens (including phenoxy) is 4. The molecule has 0 bridgehead atoms. The minimum atomic E-state index is -0.822. The summed E-state index contributed by atoms with van der Waals surface area (Å²) >= 11 is 0. The topological polar surface area (TPSA) is 54.0 Å². The van der Waals surface area contributed by atoms with Gasteiger partial charge in [0.1, 0.15) is 0 Å². The standard InChI is InChI=1S/C5H6O5/c1-7-5(6)10-4-2-8-3-9-4/h2H,3H2,1H3. The number of carbonyl (C=O) groups is 1. The van der Waals surface area contributed by atoms with Gasteiger partial charge < -0.3 is 18.9 Å². The van der Waals surface area contributed by atoms with Crippen molar-refractivity contribution in [1.82, 2.24) is 0 Å². The van der Waals surface area contributed by atoms with E-state index < -0.39 is 6.16 Å². The fourth-order valence-corrected chi connectivity index (χ4v) is 0.405. The molecular weight excluding hydrogens is 140 g/mol. The summed E-state index contributed by atoms with van der Waals surface area (Å²) in [7, 11) is 1.21. The van der Waals surface area contributed by atoms with Gasteiger partial charge in [0.05, 0.1) is 7.11 Å². The van der Waals surface area contributed by atoms with Crippen molar-refractivity contribution >= 4 is 6.16 Å². The molecule has 5 heteroatoms. The monoisotopic (exact) mass is 146 g/mol. The number of hydrogen-bond acceptors (Lipinski definition) is 5. The van der Waals surface area contributed by atoms with E-state index in [9.17, 15) is 4.79 Å². The highest BCUT2D eigenvalue weighted by atomic mass is 16.8. The van der Waals surface area contributed by atoms with E-state index in [0.29, 0.717) is 0 Å². The smallest absolute Gasteiger partial charge is 0.458 e. The van der Waals surface area contributed by atoms with Crippen molar-refractivity contribution in [1.29, 1.82) is 0 Å². The molecule has 0 unspecified atom stereocenters. The van der Waals surface area contributed by atoms with Crippen LogP contribution in [0.15, 0.2) is 12.2 Å². The van der Waals surface area contributed by atoms with Gasteiger partial charge in [-0.05, 0) is 0 Å². The van der Waals surface area contributed by atoms with E-state index in [1.54, 1.807) is 0 Å². The molecule has 0 fully saturated rings. The first kappa shape index (κ1) is 6.73. The Balaban J connectivity index is 2.30. The fraction of sp³-hybridized carbons (Fsp3) is 0.400. The number of carbonyl (C=O) groups excluding carboxylic acids is 1. The molecule has 0 N–H and O–H groups in total. The molecule has 0 saturated carbocycles. The summed E-state index contributed by atoms with van der Waals surface area (Å²) in [6.45, 7) is 0.0757. The maximum absolute atomic E-state index is 10.3. The number of hydrogen-bond donors (Lipinski definition) is 0. The second-order valence-electron chi connectivity index (χ2n) is 1.42. The van der Waals surface area contributed by atoms with Crippen LogP contribution in [-0.4, -0.2) is 20.1 Å². The van der Waals surface area contributed by atoms with E-state index in [1.165, 1.54) is 13.4 Å². The molecule has 0 aliphatic carbocycles. The Labute approximate surface area is 57.1 Å². The molecule has 1 aliphatic rings. The number of methoxy groups -OCH3 is 1. The summed E-state index contributed by atoms with van der Waals surface area (Å²) in [4.78, 5) is 10.3. The van der Waals surface area contributed by atoms with E-state index in [2.05, 4.69) is 18.9 Å². The average molecular weight is 146 g/mol. The van der Waals surface area contributed by atoms with Crippen LogP contribution in [0.1, 0.15) is 0 Å². The van der Waals surface area contributed by atoms with Gasteiger partial charge >= 0.3 is 12.1 Å². The molecular formula is C5H6O5. The molecule has 1 heterocycles. The minimum Gasteiger partial charge on any atom is -0.458 e. The summed E-state index contributed by atoms with van der Waals surface area (Å²) in [5.41, 5.74) is 0. The van der Waals surface area contributed by atoms with Gasteiger partial charge in [-0.2, -0.15) is 0 Å². The van der Waals surface area contributed by atoms with E-state index in [0.717, 1.165) is 0 Å². The lowest BCUT2D eigenvalue weighted by atomic mass is 11.0. The second-order valence-corrected chi connectivity index (χ2v) is 1.42. The van der Waals surface area contributed by atoms with Crippen LogP contribution in [0.2, 0.25) is 0 Å². The van der Waals surface area contributed by atoms with E-state index in [4.69, 9.17) is 0 Å². The lowest BCUT2D eigenvalue weighted by Gasteiger charge is -1.99. The molecule has 0 radical (unpaired) electrons. The van der Waals surface area contributed by atoms with Crippen molar-refractivity contribution in [3.8, 4) is 0 Å². The van der Waals surface area contributed by atoms with Crippen molar-refractivity contribution < 1.29 is 23.7 Å². The first-order chi connectivity index (χ1) is 4.83. The zero-order valence-corrected chi connectivity index (χ0v) is 5.33. The van der Waals surface area contributed by atoms with E-state index in [-0.39, 0.29) is 12.7 Å². The summed E-state index contributed by atoms with van der Waals surface area (Å²) in [5, 5.41) is 0. The van der Waals surface area contributed by atoms with Gasteiger partial charge in [0, 0.05) is 0 Å². The van der Waals surface area contributed by atoms with Crippen LogP contribution in [0, 0.1) is 0 Å². The molecule has 1 aliphatic heterocycles. The van der Waals surface area contributed by atoms with E-state index in [1.807, 2.05) is 0 Å². The Bertz CT molecular complexity index is 161. The SMILES string of the molecule is COC(=O)OC1=COCO1. The Kier molecular flexibility index (Phi) is 1.99. The predicted octanol–water partition coefficient (Wildman–Crippen LogP) is 0.573. The first-order valence-electron chi connectivity index (χ1n) is 2.53. The van der Waals surface area contributed by atoms with Gasteiger partial charge in [-0.25, -0.2) is 4.79 Å². The second kappa shape index (κ2) is 2.95. The van der Waals surface area contributed by atoms with E-state index >= 15 is 0 Å². The molecule has 10 heavy (non-hydrogen) atoms. The highest BCUT2D eigenvalue weighted by Crippen LogP contribution is 2.07. The Morgan fingerprint density at radius 2 is 2.60 bits per heavy atom. The summed E-state index contributed by atoms with van der Waals surface area (Å²) in [5.74, 6) is 0.0202. The van der Waals surface area contributed by atoms with Gasteiger partial charge in [0.15, 0.2) is 6.26 Å². The summed E-state index contributed by atoms with van der Waals surface area (Å²) in [6, 6.07) is 0. The van der Waals surface area contributed by atoms with Crippen LogP contribution in [0.5, 0.6) is 0 Å². The van der Waals surface area contributed by atoms with Crippen LogP contribution in [-0.2, 0) is 18.9 Å². The highest BCUT2D eigenvalue weighted by Gasteiger charge is 2.12. The van der Waals surface area contributed by atoms with Gasteiger partial charge in [0.2, 0.25) is 6.79 Å². The van der Waals surface area contributed by atoms with Crippen LogP contribution < -0.4 is 0 Å². The highest BCUT2D eigenvalue weighted by molar-refractivity contribution is 5.60. The van der Waals surface area contributed by atoms with Crippen molar-refractivity contribution in [3.05, 3.63) is 12.2 Å². The predicted molar refractivity (Wildman–Crippen MR) is 28.6 cm³/mol. The summed E-state index contributed by atoms with van der Waals surface area (Å²) < 4.78 is 17.8. The normalized spacial score (nSPS) is 14.7. The molecule has 56 valence electrons. The molecule has 0 atom stereocenters. The van der Waals surface area contributed by atoms with Gasteiger partial charge in [-0.3, -0.25) is 0 Å². The largest absolute Gasteiger partial charge is 0.516 e. The summed E-state index contributed by atoms with van der Waals surface area (Å²) in [6.07, 6.45) is 0.369. The first-order valence-corrected chi connectivity index (χ1v) is 2.53. The van der Waals surface area contributed by atoms with Gasteiger partial charge in [0.25, 0.3) is 0 Å². The molecule has 1 rings (SSSR count). The third-order valence-electron chi connectivity index (χ3n) is 0.799. The van der Waals surface area contributed by atoms with Crippen LogP contribution in [0.3, 0.4) is 0 Å². The van der Waals surface area contributed by atoms with Gasteiger partial charge in [-0.15, -0.1) is 0 Å². The molecule has 0 aromatic carbocycles. The van der Waals surface area contributed by atoms with Crippen molar-refractivity contribution in [2.24, 2.45) is 0 Å². The molecule has 0 aromatic rings. The maximum Gasteiger partial charge on any atom is 0.516 e. The minimum absolute atomic E-state index is 0.0202. The molecule has 0 saturated heterocycles. The van der Waals surface area contributed by atoms with Crippen LogP contribution in [0.4, 0.5) is 4.79 Å². The average Bonchev–Trinajstić information content (AvgIpc) is 2.40. The molecule has 0 spiro atoms. The Morgan fingerprint density at radius 3 is 3.10 bits per heavy atom. The van der Waals surface area contributed by atoms with Crippen molar-refractivity contribution in [2.45, 2.75) is 0 Å². The number of rotatable bonds is 1. The van der Waals surface area contributed by atoms with Gasteiger partial charge in [-0.1, -0.05) is 0 Å². The zero-order valence-electron chi connectivity index (χ0n) is 5.33. The fourth-order valence-electron chi connectivity index (χ4n) is 0.405. The molecule has 0 aromatic heterocycles. The Morgan fingerprint density at radius 1 is 1.80 bits per heavy atom. The third-order valence-corrected chi connectivity index (χ3v) is 0.799.